The zero-order valence-electron chi connectivity index (χ0n) is 14.3. The van der Waals surface area contributed by atoms with Gasteiger partial charge in [-0.1, -0.05) is 47.5 Å². The Balaban J connectivity index is 1.50. The second kappa shape index (κ2) is 7.28. The minimum absolute atomic E-state index is 0.0661. The van der Waals surface area contributed by atoms with E-state index in [1.54, 1.807) is 6.07 Å². The van der Waals surface area contributed by atoms with Crippen LogP contribution in [0.25, 0.3) is 0 Å². The standard InChI is InChI=1S/C20H21ClN2O2/c1-12-4-3-5-14(8-12)11-22-19(24)16-10-17(16)20(25)23-15-7-6-13(2)18(21)9-15/h3-9,16-17H,10-11H2,1-2H3,(H,22,24)(H,23,25). The highest BCUT2D eigenvalue weighted by Crippen LogP contribution is 2.39. The molecule has 1 fully saturated rings. The van der Waals surface area contributed by atoms with Crippen molar-refractivity contribution < 1.29 is 9.59 Å². The van der Waals surface area contributed by atoms with Crippen LogP contribution in [0.1, 0.15) is 23.1 Å². The Morgan fingerprint density at radius 1 is 1.08 bits per heavy atom. The lowest BCUT2D eigenvalue weighted by Gasteiger charge is -2.08. The highest BCUT2D eigenvalue weighted by molar-refractivity contribution is 6.31. The molecule has 0 spiro atoms. The van der Waals surface area contributed by atoms with E-state index in [4.69, 9.17) is 11.6 Å². The van der Waals surface area contributed by atoms with Gasteiger partial charge in [0.15, 0.2) is 0 Å². The molecular formula is C20H21ClN2O2. The third kappa shape index (κ3) is 4.40. The van der Waals surface area contributed by atoms with Crippen LogP contribution < -0.4 is 10.6 Å². The van der Waals surface area contributed by atoms with Crippen molar-refractivity contribution in [1.82, 2.24) is 5.32 Å². The van der Waals surface area contributed by atoms with Gasteiger partial charge in [-0.25, -0.2) is 0 Å². The molecule has 0 bridgehead atoms. The van der Waals surface area contributed by atoms with Crippen molar-refractivity contribution in [2.75, 3.05) is 5.32 Å². The lowest BCUT2D eigenvalue weighted by atomic mass is 10.1. The molecule has 1 aliphatic carbocycles. The minimum Gasteiger partial charge on any atom is -0.352 e. The topological polar surface area (TPSA) is 58.2 Å². The molecule has 25 heavy (non-hydrogen) atoms. The summed E-state index contributed by atoms with van der Waals surface area (Å²) in [6.07, 6.45) is 0.588. The number of carbonyl (C=O) groups is 2. The molecule has 2 aromatic carbocycles. The van der Waals surface area contributed by atoms with Crippen LogP contribution >= 0.6 is 11.6 Å². The summed E-state index contributed by atoms with van der Waals surface area (Å²) in [6, 6.07) is 13.4. The maximum absolute atomic E-state index is 12.3. The van der Waals surface area contributed by atoms with Crippen LogP contribution in [0, 0.1) is 25.7 Å². The molecule has 2 unspecified atom stereocenters. The second-order valence-electron chi connectivity index (χ2n) is 6.61. The van der Waals surface area contributed by atoms with Gasteiger partial charge >= 0.3 is 0 Å². The van der Waals surface area contributed by atoms with Gasteiger partial charge in [0.25, 0.3) is 0 Å². The molecular weight excluding hydrogens is 336 g/mol. The summed E-state index contributed by atoms with van der Waals surface area (Å²) >= 11 is 6.07. The molecule has 1 aliphatic rings. The highest BCUT2D eigenvalue weighted by Gasteiger charge is 2.47. The molecule has 130 valence electrons. The van der Waals surface area contributed by atoms with Crippen molar-refractivity contribution in [1.29, 1.82) is 0 Å². The predicted molar refractivity (Wildman–Crippen MR) is 99.4 cm³/mol. The zero-order chi connectivity index (χ0) is 18.0. The average Bonchev–Trinajstić information content (AvgIpc) is 3.37. The first-order chi connectivity index (χ1) is 11.9. The van der Waals surface area contributed by atoms with E-state index in [2.05, 4.69) is 10.6 Å². The first-order valence-corrected chi connectivity index (χ1v) is 8.72. The quantitative estimate of drug-likeness (QED) is 0.854. The van der Waals surface area contributed by atoms with Crippen LogP contribution in [0.15, 0.2) is 42.5 Å². The van der Waals surface area contributed by atoms with E-state index in [1.807, 2.05) is 50.2 Å². The summed E-state index contributed by atoms with van der Waals surface area (Å²) < 4.78 is 0. The lowest BCUT2D eigenvalue weighted by Crippen LogP contribution is -2.27. The Labute approximate surface area is 152 Å². The molecule has 0 aliphatic heterocycles. The summed E-state index contributed by atoms with van der Waals surface area (Å²) in [4.78, 5) is 24.5. The van der Waals surface area contributed by atoms with Gasteiger partial charge < -0.3 is 10.6 Å². The Kier molecular flexibility index (Phi) is 5.09. The Morgan fingerprint density at radius 2 is 1.84 bits per heavy atom. The second-order valence-corrected chi connectivity index (χ2v) is 7.02. The van der Waals surface area contributed by atoms with Crippen LogP contribution in [0.5, 0.6) is 0 Å². The zero-order valence-corrected chi connectivity index (χ0v) is 15.1. The monoisotopic (exact) mass is 356 g/mol. The number of anilines is 1. The van der Waals surface area contributed by atoms with Gasteiger partial charge in [-0.05, 0) is 43.5 Å². The van der Waals surface area contributed by atoms with Crippen LogP contribution in [0.3, 0.4) is 0 Å². The van der Waals surface area contributed by atoms with Crippen LogP contribution in [-0.2, 0) is 16.1 Å². The molecule has 2 atom stereocenters. The van der Waals surface area contributed by atoms with E-state index in [-0.39, 0.29) is 23.7 Å². The number of amides is 2. The maximum atomic E-state index is 12.3. The van der Waals surface area contributed by atoms with Crippen molar-refractivity contribution in [3.05, 3.63) is 64.2 Å². The first kappa shape index (κ1) is 17.5. The number of rotatable bonds is 5. The largest absolute Gasteiger partial charge is 0.352 e. The van der Waals surface area contributed by atoms with Gasteiger partial charge in [-0.2, -0.15) is 0 Å². The normalized spacial score (nSPS) is 18.5. The van der Waals surface area contributed by atoms with E-state index in [9.17, 15) is 9.59 Å². The molecule has 2 amide bonds. The number of halogens is 1. The smallest absolute Gasteiger partial charge is 0.228 e. The van der Waals surface area contributed by atoms with Gasteiger partial charge in [0, 0.05) is 17.3 Å². The van der Waals surface area contributed by atoms with Crippen molar-refractivity contribution >= 4 is 29.1 Å². The Morgan fingerprint density at radius 3 is 2.56 bits per heavy atom. The summed E-state index contributed by atoms with van der Waals surface area (Å²) in [5.74, 6) is -0.706. The lowest BCUT2D eigenvalue weighted by molar-refractivity contribution is -0.125. The Hall–Kier alpha value is -2.33. The molecule has 4 nitrogen and oxygen atoms in total. The molecule has 1 saturated carbocycles. The number of benzene rings is 2. The predicted octanol–water partition coefficient (Wildman–Crippen LogP) is 3.85. The summed E-state index contributed by atoms with van der Waals surface area (Å²) in [5.41, 5.74) is 3.84. The third-order valence-electron chi connectivity index (χ3n) is 4.45. The van der Waals surface area contributed by atoms with Crippen LogP contribution in [0.2, 0.25) is 5.02 Å². The van der Waals surface area contributed by atoms with E-state index >= 15 is 0 Å². The fourth-order valence-corrected chi connectivity index (χ4v) is 3.00. The Bertz CT molecular complexity index is 819. The number of nitrogens with one attached hydrogen (secondary N) is 2. The van der Waals surface area contributed by atoms with E-state index < -0.39 is 0 Å². The van der Waals surface area contributed by atoms with Crippen molar-refractivity contribution in [3.63, 3.8) is 0 Å². The van der Waals surface area contributed by atoms with Crippen molar-refractivity contribution in [3.8, 4) is 0 Å². The summed E-state index contributed by atoms with van der Waals surface area (Å²) in [5, 5.41) is 6.36. The third-order valence-corrected chi connectivity index (χ3v) is 4.86. The molecule has 3 rings (SSSR count). The van der Waals surface area contributed by atoms with Gasteiger partial charge in [-0.3, -0.25) is 9.59 Å². The molecule has 0 heterocycles. The number of hydrogen-bond acceptors (Lipinski definition) is 2. The van der Waals surface area contributed by atoms with Gasteiger partial charge in [0.05, 0.1) is 11.8 Å². The van der Waals surface area contributed by atoms with E-state index in [1.165, 1.54) is 0 Å². The fourth-order valence-electron chi connectivity index (χ4n) is 2.82. The van der Waals surface area contributed by atoms with Gasteiger partial charge in [0.2, 0.25) is 11.8 Å². The van der Waals surface area contributed by atoms with Crippen LogP contribution in [0.4, 0.5) is 5.69 Å². The maximum Gasteiger partial charge on any atom is 0.228 e. The molecule has 0 radical (unpaired) electrons. The molecule has 5 heteroatoms. The molecule has 2 N–H and O–H groups in total. The van der Waals surface area contributed by atoms with Gasteiger partial charge in [-0.15, -0.1) is 0 Å². The number of carbonyl (C=O) groups excluding carboxylic acids is 2. The number of aryl methyl sites for hydroxylation is 2. The minimum atomic E-state index is -0.266. The van der Waals surface area contributed by atoms with Crippen molar-refractivity contribution in [2.24, 2.45) is 11.8 Å². The molecule has 2 aromatic rings. The van der Waals surface area contributed by atoms with E-state index in [0.717, 1.165) is 16.7 Å². The molecule has 0 saturated heterocycles. The average molecular weight is 357 g/mol. The van der Waals surface area contributed by atoms with E-state index in [0.29, 0.717) is 23.7 Å². The fraction of sp³-hybridized carbons (Fsp3) is 0.300. The van der Waals surface area contributed by atoms with Crippen molar-refractivity contribution in [2.45, 2.75) is 26.8 Å². The molecule has 0 aromatic heterocycles. The first-order valence-electron chi connectivity index (χ1n) is 8.34. The van der Waals surface area contributed by atoms with Crippen LogP contribution in [-0.4, -0.2) is 11.8 Å². The van der Waals surface area contributed by atoms with Gasteiger partial charge in [0.1, 0.15) is 0 Å². The summed E-state index contributed by atoms with van der Waals surface area (Å²) in [6.45, 7) is 4.41. The highest BCUT2D eigenvalue weighted by atomic mass is 35.5. The SMILES string of the molecule is Cc1cccc(CNC(=O)C2CC2C(=O)Nc2ccc(C)c(Cl)c2)c1. The number of hydrogen-bond donors (Lipinski definition) is 2. The summed E-state index contributed by atoms with van der Waals surface area (Å²) in [7, 11) is 0.